The maximum Gasteiger partial charge on any atom is 0.133 e. The van der Waals surface area contributed by atoms with Gasteiger partial charge < -0.3 is 78.4 Å². The summed E-state index contributed by atoms with van der Waals surface area (Å²) in [6.07, 6.45) is 21.8. The summed E-state index contributed by atoms with van der Waals surface area (Å²) >= 11 is 0. The molecular formula is C89H118O18. The first-order chi connectivity index (χ1) is 50.5. The quantitative estimate of drug-likeness (QED) is 0.0452. The van der Waals surface area contributed by atoms with Crippen molar-refractivity contribution in [1.82, 2.24) is 0 Å². The van der Waals surface area contributed by atoms with Crippen molar-refractivity contribution < 1.29 is 88.0 Å². The Balaban J connectivity index is 0.000000134. The van der Waals surface area contributed by atoms with Gasteiger partial charge in [-0.15, -0.1) is 0 Å². The number of carbonyl (C=O) groups is 2. The zero-order valence-corrected chi connectivity index (χ0v) is 66.0. The third-order valence-electron chi connectivity index (χ3n) is 24.4. The maximum absolute atomic E-state index is 11.9. The van der Waals surface area contributed by atoms with Crippen LogP contribution < -0.4 is 33.2 Å². The molecule has 2 fully saturated rings. The Labute approximate surface area is 633 Å². The summed E-state index contributed by atoms with van der Waals surface area (Å²) in [6, 6.07) is 17.0. The number of methoxy groups -OCH3 is 2. The normalized spacial score (nSPS) is 26.1. The largest absolute Gasteiger partial charge is 0.508 e. The predicted molar refractivity (Wildman–Crippen MR) is 413 cm³/mol. The summed E-state index contributed by atoms with van der Waals surface area (Å²) in [6.45, 7) is 31.5. The van der Waals surface area contributed by atoms with E-state index in [-0.39, 0.29) is 110 Å². The van der Waals surface area contributed by atoms with Crippen LogP contribution in [0, 0.1) is 29.6 Å². The molecule has 0 bridgehead atoms. The minimum absolute atomic E-state index is 0.0133. The van der Waals surface area contributed by atoms with Crippen molar-refractivity contribution in [2.75, 3.05) is 40.6 Å². The molecule has 0 spiro atoms. The van der Waals surface area contributed by atoms with Crippen LogP contribution in [0.4, 0.5) is 0 Å². The first-order valence-electron chi connectivity index (χ1n) is 39.0. The lowest BCUT2D eigenvalue weighted by molar-refractivity contribution is -0.125. The summed E-state index contributed by atoms with van der Waals surface area (Å²) in [5, 5.41) is 71.2. The van der Waals surface area contributed by atoms with E-state index in [1.165, 1.54) is 59.7 Å². The van der Waals surface area contributed by atoms with Crippen LogP contribution in [0.5, 0.6) is 80.5 Å². The molecule has 107 heavy (non-hydrogen) atoms. The highest BCUT2D eigenvalue weighted by Crippen LogP contribution is 2.60. The van der Waals surface area contributed by atoms with Gasteiger partial charge >= 0.3 is 0 Å². The summed E-state index contributed by atoms with van der Waals surface area (Å²) in [4.78, 5) is 23.7. The lowest BCUT2D eigenvalue weighted by Gasteiger charge is -2.47. The average Bonchev–Trinajstić information content (AvgIpc) is 0.776. The number of hydrogen-bond acceptors (Lipinski definition) is 18. The standard InChI is InChI=1S/C21H30O2.C19H26O4.C18H24O5.C16H20O3.C15H18O4/c1-5-6-7-8-15-12-18(22)20-16-11-14(2)9-10-17(16)21(3,4)23-19(20)13-15;1-12-5-6-15-14(9-12)18-16(20)10-13(22-8-7-21-4)11-17(18)23-19(15,2)3;1-18(2)14-5-4-11(19)8-13(14)17-15(20)9-12(10-16(17)23-18)22-7-6-21-3;1-9-4-5-12-11(6-9)15-13(18)7-10(17)8-14(15)19-16(12,2)3;1-15(2)11-4-3-8(16)5-10(11)14-12(18)6-9(17)7-13(14)19-15/h11-13,16-17,22H,5-10H2,1-4H3;9-11,14-15,20H,5-8H2,1-4H3;9-10,13-14,20H,4-8H2,1-3H3;6-8,11-12,17-18H,4-5H2,1-3H3;6-7,10-11,17-18H,3-5H2,1-2H3/t16-,17-;14-,15-;13-,14-;11-,12-;10-,11-/m11111/s1. The van der Waals surface area contributed by atoms with Crippen molar-refractivity contribution in [1.29, 1.82) is 0 Å². The van der Waals surface area contributed by atoms with Gasteiger partial charge in [0.25, 0.3) is 0 Å². The van der Waals surface area contributed by atoms with Gasteiger partial charge in [0, 0.05) is 175 Å². The molecule has 15 rings (SSSR count). The molecule has 0 aromatic heterocycles. The third kappa shape index (κ3) is 17.4. The smallest absolute Gasteiger partial charge is 0.133 e. The molecule has 0 amide bonds. The minimum Gasteiger partial charge on any atom is -0.508 e. The summed E-state index contributed by atoms with van der Waals surface area (Å²) in [5.74, 6) is 8.31. The summed E-state index contributed by atoms with van der Waals surface area (Å²) < 4.78 is 52.0. The SMILES string of the molecule is CC1(C)Oc2cc(O)cc(O)c2[C@@H]2CC(=O)CC[C@H]21.CC1=C[C@H]2c3c(O)cc(O)cc3OC(C)(C)[C@@H]2CC1.CCCCCc1cc(O)c2c(c1)OC(C)(C)[C@@H]1CCC(C)=C[C@@H]21.COCCOc1cc(O)c2c(c1)OC(C)(C)[C@@H]1CCC(=O)C[C@@H]21.COCCOc1cc(O)c2c(c1)OC(C)(C)[C@@H]1CCC(C)=C[C@@H]21. The number of aryl methyl sites for hydroxylation is 1. The van der Waals surface area contributed by atoms with E-state index in [4.69, 9.17) is 42.6 Å². The van der Waals surface area contributed by atoms with Crippen LogP contribution in [0.2, 0.25) is 0 Å². The highest BCUT2D eigenvalue weighted by atomic mass is 16.5. The molecule has 0 unspecified atom stereocenters. The van der Waals surface area contributed by atoms with Crippen LogP contribution in [-0.4, -0.2) is 116 Å². The molecule has 2 saturated carbocycles. The lowest BCUT2D eigenvalue weighted by Crippen LogP contribution is -2.47. The number of ketones is 2. The molecule has 7 N–H and O–H groups in total. The van der Waals surface area contributed by atoms with Gasteiger partial charge in [-0.1, -0.05) is 54.7 Å². The number of carbonyl (C=O) groups excluding carboxylic acids is 2. The van der Waals surface area contributed by atoms with Crippen molar-refractivity contribution in [3.63, 3.8) is 0 Å². The molecule has 5 heterocycles. The molecule has 5 aromatic carbocycles. The fourth-order valence-electron chi connectivity index (χ4n) is 19.1. The number of phenolic OH excluding ortho intramolecular Hbond substituents is 7. The Morgan fingerprint density at radius 1 is 0.383 bits per heavy atom. The Morgan fingerprint density at radius 3 is 1.09 bits per heavy atom. The van der Waals surface area contributed by atoms with E-state index in [2.05, 4.69) is 107 Å². The second kappa shape index (κ2) is 32.1. The molecule has 18 heteroatoms. The van der Waals surface area contributed by atoms with Crippen molar-refractivity contribution in [3.05, 3.63) is 129 Å². The van der Waals surface area contributed by atoms with E-state index in [0.717, 1.165) is 91.5 Å². The third-order valence-corrected chi connectivity index (χ3v) is 24.4. The van der Waals surface area contributed by atoms with Crippen LogP contribution in [-0.2, 0) is 25.5 Å². The fraction of sp³-hybridized carbons (Fsp3) is 0.573. The molecule has 0 saturated heterocycles. The molecular weight excluding hydrogens is 1360 g/mol. The summed E-state index contributed by atoms with van der Waals surface area (Å²) in [5.41, 5.74) is 8.05. The van der Waals surface area contributed by atoms with Crippen LogP contribution in [0.15, 0.2) is 95.6 Å². The van der Waals surface area contributed by atoms with Crippen molar-refractivity contribution in [2.24, 2.45) is 29.6 Å². The van der Waals surface area contributed by atoms with Crippen LogP contribution >= 0.6 is 0 Å². The number of benzene rings is 5. The first-order valence-corrected chi connectivity index (χ1v) is 39.0. The van der Waals surface area contributed by atoms with E-state index < -0.39 is 5.60 Å². The van der Waals surface area contributed by atoms with Crippen LogP contribution in [0.1, 0.15) is 256 Å². The van der Waals surface area contributed by atoms with Gasteiger partial charge in [0.05, 0.1) is 13.2 Å². The number of aromatic hydroxyl groups is 7. The minimum atomic E-state index is -0.390. The van der Waals surface area contributed by atoms with E-state index in [1.54, 1.807) is 32.4 Å². The van der Waals surface area contributed by atoms with Crippen LogP contribution in [0.3, 0.4) is 0 Å². The van der Waals surface area contributed by atoms with Gasteiger partial charge in [0.2, 0.25) is 0 Å². The van der Waals surface area contributed by atoms with Gasteiger partial charge in [-0.05, 0) is 172 Å². The first kappa shape index (κ1) is 79.8. The molecule has 5 aromatic rings. The van der Waals surface area contributed by atoms with Gasteiger partial charge in [-0.2, -0.15) is 0 Å². The number of ether oxygens (including phenoxy) is 9. The number of rotatable bonds is 12. The number of fused-ring (bicyclic) bond motifs is 15. The number of Topliss-reactive ketones (excluding diaryl/α,β-unsaturated/α-hetero) is 2. The Bertz CT molecular complexity index is 4060. The van der Waals surface area contributed by atoms with Crippen molar-refractivity contribution in [2.45, 2.75) is 257 Å². The number of unbranched alkanes of at least 4 members (excludes halogenated alkanes) is 2. The topological polar surface area (TPSA) is 259 Å². The molecule has 0 radical (unpaired) electrons. The Kier molecular flexibility index (Phi) is 24.0. The zero-order chi connectivity index (χ0) is 77.4. The molecule has 5 aliphatic heterocycles. The monoisotopic (exact) mass is 1470 g/mol. The van der Waals surface area contributed by atoms with Crippen molar-refractivity contribution in [3.8, 4) is 80.5 Å². The van der Waals surface area contributed by atoms with Gasteiger partial charge in [-0.25, -0.2) is 0 Å². The second-order valence-corrected chi connectivity index (χ2v) is 34.2. The van der Waals surface area contributed by atoms with Gasteiger partial charge in [-0.3, -0.25) is 9.59 Å². The van der Waals surface area contributed by atoms with E-state index in [9.17, 15) is 45.3 Å². The maximum atomic E-state index is 11.9. The fourth-order valence-corrected chi connectivity index (χ4v) is 19.1. The highest BCUT2D eigenvalue weighted by Gasteiger charge is 2.52. The lowest BCUT2D eigenvalue weighted by atomic mass is 9.66. The summed E-state index contributed by atoms with van der Waals surface area (Å²) in [7, 11) is 3.25. The zero-order valence-electron chi connectivity index (χ0n) is 66.0. The van der Waals surface area contributed by atoms with Gasteiger partial charge in [0.1, 0.15) is 133 Å². The molecule has 18 nitrogen and oxygen atoms in total. The number of allylic oxidation sites excluding steroid dienone is 6. The van der Waals surface area contributed by atoms with Crippen LogP contribution in [0.25, 0.3) is 0 Å². The predicted octanol–water partition coefficient (Wildman–Crippen LogP) is 19.2. The van der Waals surface area contributed by atoms with E-state index in [0.29, 0.717) is 110 Å². The molecule has 582 valence electrons. The highest BCUT2D eigenvalue weighted by molar-refractivity contribution is 5.82. The number of phenols is 7. The average molecular weight is 1480 g/mol. The Morgan fingerprint density at radius 2 is 0.701 bits per heavy atom. The molecule has 10 aliphatic rings. The Hall–Kier alpha value is -8.22. The molecule has 10 atom stereocenters. The van der Waals surface area contributed by atoms with Gasteiger partial charge in [0.15, 0.2) is 0 Å². The second-order valence-electron chi connectivity index (χ2n) is 34.2. The van der Waals surface area contributed by atoms with Crippen molar-refractivity contribution >= 4 is 11.6 Å². The van der Waals surface area contributed by atoms with E-state index in [1.807, 2.05) is 32.0 Å². The van der Waals surface area contributed by atoms with E-state index >= 15 is 0 Å². The number of hydrogen-bond donors (Lipinski definition) is 7. The molecule has 5 aliphatic carbocycles.